The molecule has 0 aromatic rings. The molecule has 2 N–H and O–H groups in total. The molecule has 2 bridgehead atoms. The van der Waals surface area contributed by atoms with E-state index in [1.165, 1.54) is 6.92 Å². The highest BCUT2D eigenvalue weighted by atomic mass is 16.5. The number of carbonyl (C=O) groups is 1. The van der Waals surface area contributed by atoms with Crippen LogP contribution in [-0.4, -0.2) is 57.5 Å². The fraction of sp³-hybridized carbons (Fsp3) is 0.944. The van der Waals surface area contributed by atoms with E-state index in [4.69, 9.17) is 4.74 Å². The van der Waals surface area contributed by atoms with Crippen molar-refractivity contribution in [3.63, 3.8) is 0 Å². The number of aliphatic hydroxyl groups excluding tert-OH is 1. The van der Waals surface area contributed by atoms with Crippen molar-refractivity contribution in [1.29, 1.82) is 0 Å². The van der Waals surface area contributed by atoms with E-state index >= 15 is 0 Å². The molecule has 4 rings (SSSR count). The SMILES string of the molecule is CC(=O)O[C@@H]1C[C@H]2[C@H](O)[C@@H](C)C[C@]34[C@@H]1CCCN3CCC[C@]24O. The summed E-state index contributed by atoms with van der Waals surface area (Å²) in [6.45, 7) is 5.60. The minimum absolute atomic E-state index is 0.166. The number of carbonyl (C=O) groups excluding carboxylic acids is 1. The van der Waals surface area contributed by atoms with E-state index < -0.39 is 11.7 Å². The first-order chi connectivity index (χ1) is 10.9. The number of esters is 1. The van der Waals surface area contributed by atoms with E-state index in [9.17, 15) is 15.0 Å². The molecular weight excluding hydrogens is 294 g/mol. The number of hydrogen-bond donors (Lipinski definition) is 2. The van der Waals surface area contributed by atoms with Crippen molar-refractivity contribution >= 4 is 5.97 Å². The molecule has 7 atom stereocenters. The molecule has 5 nitrogen and oxygen atoms in total. The van der Waals surface area contributed by atoms with E-state index in [1.807, 2.05) is 0 Å². The Morgan fingerprint density at radius 1 is 1.26 bits per heavy atom. The first kappa shape index (κ1) is 15.9. The van der Waals surface area contributed by atoms with Gasteiger partial charge < -0.3 is 14.9 Å². The zero-order valence-corrected chi connectivity index (χ0v) is 14.2. The lowest BCUT2D eigenvalue weighted by Gasteiger charge is -2.72. The van der Waals surface area contributed by atoms with Gasteiger partial charge in [0.15, 0.2) is 0 Å². The molecule has 4 fully saturated rings. The van der Waals surface area contributed by atoms with Crippen LogP contribution in [0.5, 0.6) is 0 Å². The molecule has 23 heavy (non-hydrogen) atoms. The van der Waals surface area contributed by atoms with E-state index in [2.05, 4.69) is 11.8 Å². The van der Waals surface area contributed by atoms with Crippen molar-refractivity contribution in [1.82, 2.24) is 4.90 Å². The zero-order chi connectivity index (χ0) is 16.4. The highest BCUT2D eigenvalue weighted by Crippen LogP contribution is 2.62. The third kappa shape index (κ3) is 1.93. The molecule has 2 heterocycles. The molecule has 0 radical (unpaired) electrons. The van der Waals surface area contributed by atoms with E-state index in [0.717, 1.165) is 45.2 Å². The molecule has 0 aromatic carbocycles. The van der Waals surface area contributed by atoms with Crippen molar-refractivity contribution in [2.75, 3.05) is 13.1 Å². The third-order valence-corrected chi connectivity index (χ3v) is 7.35. The topological polar surface area (TPSA) is 70.0 Å². The van der Waals surface area contributed by atoms with Gasteiger partial charge in [-0.15, -0.1) is 0 Å². The van der Waals surface area contributed by atoms with E-state index in [1.54, 1.807) is 0 Å². The molecule has 130 valence electrons. The van der Waals surface area contributed by atoms with Gasteiger partial charge in [0.2, 0.25) is 0 Å². The Bertz CT molecular complexity index is 509. The van der Waals surface area contributed by atoms with Crippen molar-refractivity contribution < 1.29 is 19.7 Å². The first-order valence-corrected chi connectivity index (χ1v) is 9.23. The highest BCUT2D eigenvalue weighted by molar-refractivity contribution is 5.66. The maximum Gasteiger partial charge on any atom is 0.302 e. The van der Waals surface area contributed by atoms with E-state index in [-0.39, 0.29) is 35.4 Å². The minimum atomic E-state index is -0.834. The fourth-order valence-corrected chi connectivity index (χ4v) is 6.68. The summed E-state index contributed by atoms with van der Waals surface area (Å²) in [6.07, 6.45) is 4.59. The molecule has 0 aromatic heterocycles. The van der Waals surface area contributed by atoms with Crippen LogP contribution in [0, 0.1) is 17.8 Å². The van der Waals surface area contributed by atoms with Crippen LogP contribution in [0.2, 0.25) is 0 Å². The minimum Gasteiger partial charge on any atom is -0.462 e. The predicted octanol–water partition coefficient (Wildman–Crippen LogP) is 1.31. The van der Waals surface area contributed by atoms with Gasteiger partial charge in [-0.05, 0) is 57.5 Å². The van der Waals surface area contributed by atoms with Gasteiger partial charge in [-0.3, -0.25) is 9.69 Å². The summed E-state index contributed by atoms with van der Waals surface area (Å²) in [5, 5.41) is 22.6. The molecule has 5 heteroatoms. The van der Waals surface area contributed by atoms with Crippen molar-refractivity contribution in [3.05, 3.63) is 0 Å². The zero-order valence-electron chi connectivity index (χ0n) is 14.2. The van der Waals surface area contributed by atoms with Crippen LogP contribution >= 0.6 is 0 Å². The lowest BCUT2D eigenvalue weighted by Crippen LogP contribution is -2.82. The Kier molecular flexibility index (Phi) is 3.56. The lowest BCUT2D eigenvalue weighted by atomic mass is 9.45. The second-order valence-corrected chi connectivity index (χ2v) is 8.35. The standard InChI is InChI=1S/C18H29NO4/c1-11-10-17-13-5-3-7-19(17)8-4-6-18(17,22)14(16(11)21)9-15(13)23-12(2)20/h11,13-16,21-22H,3-10H2,1-2H3/t11-,13+,14-,15+,16+,17+,18-/m0/s1. The van der Waals surface area contributed by atoms with Crippen LogP contribution in [0.3, 0.4) is 0 Å². The largest absolute Gasteiger partial charge is 0.462 e. The van der Waals surface area contributed by atoms with Crippen molar-refractivity contribution in [2.24, 2.45) is 17.8 Å². The van der Waals surface area contributed by atoms with Gasteiger partial charge in [0.25, 0.3) is 0 Å². The van der Waals surface area contributed by atoms with Crippen LogP contribution in [0.25, 0.3) is 0 Å². The summed E-state index contributed by atoms with van der Waals surface area (Å²) in [5.74, 6) is -0.0606. The first-order valence-electron chi connectivity index (χ1n) is 9.23. The molecule has 2 saturated carbocycles. The van der Waals surface area contributed by atoms with Gasteiger partial charge in [0, 0.05) is 18.8 Å². The number of hydrogen-bond acceptors (Lipinski definition) is 5. The maximum absolute atomic E-state index is 11.8. The fourth-order valence-electron chi connectivity index (χ4n) is 6.68. The van der Waals surface area contributed by atoms with E-state index in [0.29, 0.717) is 6.42 Å². The van der Waals surface area contributed by atoms with Gasteiger partial charge in [-0.2, -0.15) is 0 Å². The monoisotopic (exact) mass is 323 g/mol. The molecule has 2 aliphatic carbocycles. The summed E-state index contributed by atoms with van der Waals surface area (Å²) in [7, 11) is 0. The molecular formula is C18H29NO4. The molecule has 2 saturated heterocycles. The highest BCUT2D eigenvalue weighted by Gasteiger charge is 2.72. The molecule has 4 aliphatic rings. The van der Waals surface area contributed by atoms with Crippen LogP contribution in [-0.2, 0) is 9.53 Å². The average Bonchev–Trinajstić information content (AvgIpc) is 2.48. The summed E-state index contributed by atoms with van der Waals surface area (Å²) in [5.41, 5.74) is -1.15. The smallest absolute Gasteiger partial charge is 0.302 e. The molecule has 0 unspecified atom stereocenters. The Labute approximate surface area is 138 Å². The molecule has 0 amide bonds. The molecule has 2 aliphatic heterocycles. The Morgan fingerprint density at radius 2 is 2.00 bits per heavy atom. The third-order valence-electron chi connectivity index (χ3n) is 7.35. The Morgan fingerprint density at radius 3 is 2.74 bits per heavy atom. The Hall–Kier alpha value is -0.650. The quantitative estimate of drug-likeness (QED) is 0.712. The number of ether oxygens (including phenoxy) is 1. The van der Waals surface area contributed by atoms with Crippen LogP contribution in [0.4, 0.5) is 0 Å². The van der Waals surface area contributed by atoms with Gasteiger partial charge in [0.05, 0.1) is 17.2 Å². The number of piperidine rings is 2. The molecule has 1 spiro atoms. The van der Waals surface area contributed by atoms with Crippen LogP contribution in [0.1, 0.15) is 52.4 Å². The lowest BCUT2D eigenvalue weighted by molar-refractivity contribution is -0.301. The Balaban J connectivity index is 1.83. The van der Waals surface area contributed by atoms with Crippen molar-refractivity contribution in [3.8, 4) is 0 Å². The number of nitrogens with zero attached hydrogens (tertiary/aromatic N) is 1. The maximum atomic E-state index is 11.8. The van der Waals surface area contributed by atoms with Gasteiger partial charge in [-0.1, -0.05) is 6.92 Å². The number of rotatable bonds is 1. The number of aliphatic hydroxyl groups is 2. The van der Waals surface area contributed by atoms with Crippen molar-refractivity contribution in [2.45, 2.75) is 75.7 Å². The second-order valence-electron chi connectivity index (χ2n) is 8.35. The van der Waals surface area contributed by atoms with Crippen LogP contribution < -0.4 is 0 Å². The summed E-state index contributed by atoms with van der Waals surface area (Å²) in [6, 6.07) is 0. The van der Waals surface area contributed by atoms with Gasteiger partial charge in [-0.25, -0.2) is 0 Å². The summed E-state index contributed by atoms with van der Waals surface area (Å²) < 4.78 is 5.70. The predicted molar refractivity (Wildman–Crippen MR) is 84.7 cm³/mol. The average molecular weight is 323 g/mol. The van der Waals surface area contributed by atoms with Gasteiger partial charge >= 0.3 is 5.97 Å². The second kappa shape index (κ2) is 5.17. The summed E-state index contributed by atoms with van der Waals surface area (Å²) >= 11 is 0. The summed E-state index contributed by atoms with van der Waals surface area (Å²) in [4.78, 5) is 14.1. The van der Waals surface area contributed by atoms with Gasteiger partial charge in [0.1, 0.15) is 6.10 Å². The normalized spacial score (nSPS) is 52.6. The van der Waals surface area contributed by atoms with Crippen LogP contribution in [0.15, 0.2) is 0 Å².